The molecule has 2 N–H and O–H groups in total. The molecule has 2 heterocycles. The fourth-order valence-electron chi connectivity index (χ4n) is 2.41. The topological polar surface area (TPSA) is 61.0 Å². The normalized spacial score (nSPS) is 15.9. The molecule has 0 fully saturated rings. The summed E-state index contributed by atoms with van der Waals surface area (Å²) in [6, 6.07) is 0. The number of hydrogen-bond donors (Lipinski definition) is 2. The number of fused-ring (bicyclic) bond motifs is 1. The van der Waals surface area contributed by atoms with Crippen molar-refractivity contribution in [2.24, 2.45) is 5.92 Å². The van der Waals surface area contributed by atoms with Crippen molar-refractivity contribution in [3.63, 3.8) is 0 Å². The van der Waals surface area contributed by atoms with Gasteiger partial charge in [-0.25, -0.2) is 0 Å². The highest BCUT2D eigenvalue weighted by atomic mass is 16.2. The van der Waals surface area contributed by atoms with Crippen LogP contribution < -0.4 is 5.32 Å². The molecular formula is C14H24N4O. The van der Waals surface area contributed by atoms with Crippen LogP contribution in [0.4, 0.5) is 0 Å². The Morgan fingerprint density at radius 3 is 2.95 bits per heavy atom. The molecule has 1 unspecified atom stereocenters. The monoisotopic (exact) mass is 264 g/mol. The maximum absolute atomic E-state index is 12.6. The number of nitrogens with one attached hydrogen (secondary N) is 2. The number of aromatic nitrogens is 2. The summed E-state index contributed by atoms with van der Waals surface area (Å²) in [4.78, 5) is 14.5. The van der Waals surface area contributed by atoms with Gasteiger partial charge >= 0.3 is 0 Å². The molecule has 0 bridgehead atoms. The van der Waals surface area contributed by atoms with Crippen LogP contribution in [0.2, 0.25) is 0 Å². The lowest BCUT2D eigenvalue weighted by molar-refractivity contribution is 0.0733. The Bertz CT molecular complexity index is 441. The summed E-state index contributed by atoms with van der Waals surface area (Å²) < 4.78 is 0. The van der Waals surface area contributed by atoms with Crippen molar-refractivity contribution in [2.45, 2.75) is 40.2 Å². The van der Waals surface area contributed by atoms with E-state index >= 15 is 0 Å². The number of aromatic amines is 1. The van der Waals surface area contributed by atoms with Crippen molar-refractivity contribution >= 4 is 5.91 Å². The Kier molecular flexibility index (Phi) is 4.58. The molecule has 1 amide bonds. The van der Waals surface area contributed by atoms with Gasteiger partial charge in [0.2, 0.25) is 0 Å². The highest BCUT2D eigenvalue weighted by Gasteiger charge is 2.25. The minimum atomic E-state index is 0.0593. The number of rotatable bonds is 5. The second kappa shape index (κ2) is 6.19. The van der Waals surface area contributed by atoms with E-state index in [0.717, 1.165) is 50.3 Å². The van der Waals surface area contributed by atoms with Crippen LogP contribution >= 0.6 is 0 Å². The average Bonchev–Trinajstić information content (AvgIpc) is 2.87. The molecule has 1 aliphatic heterocycles. The molecule has 0 saturated carbocycles. The fourth-order valence-corrected chi connectivity index (χ4v) is 2.41. The average molecular weight is 264 g/mol. The molecule has 0 radical (unpaired) electrons. The van der Waals surface area contributed by atoms with Gasteiger partial charge in [-0.3, -0.25) is 9.89 Å². The van der Waals surface area contributed by atoms with Crippen molar-refractivity contribution in [3.05, 3.63) is 17.0 Å². The van der Waals surface area contributed by atoms with Crippen LogP contribution in [0.5, 0.6) is 0 Å². The molecule has 1 atom stereocenters. The zero-order chi connectivity index (χ0) is 13.8. The van der Waals surface area contributed by atoms with Crippen LogP contribution in [-0.4, -0.2) is 40.6 Å². The van der Waals surface area contributed by atoms with Crippen LogP contribution in [0, 0.1) is 5.92 Å². The van der Waals surface area contributed by atoms with E-state index in [4.69, 9.17) is 0 Å². The van der Waals surface area contributed by atoms with Crippen LogP contribution in [0.25, 0.3) is 0 Å². The van der Waals surface area contributed by atoms with Gasteiger partial charge in [0, 0.05) is 43.9 Å². The van der Waals surface area contributed by atoms with Crippen molar-refractivity contribution in [1.29, 1.82) is 0 Å². The molecular weight excluding hydrogens is 240 g/mol. The Morgan fingerprint density at radius 1 is 1.47 bits per heavy atom. The Labute approximate surface area is 114 Å². The molecule has 19 heavy (non-hydrogen) atoms. The summed E-state index contributed by atoms with van der Waals surface area (Å²) in [7, 11) is 0. The summed E-state index contributed by atoms with van der Waals surface area (Å²) in [5.41, 5.74) is 2.77. The van der Waals surface area contributed by atoms with Gasteiger partial charge in [-0.05, 0) is 12.8 Å². The predicted molar refractivity (Wildman–Crippen MR) is 75.0 cm³/mol. The molecule has 1 aromatic rings. The first-order valence-corrected chi connectivity index (χ1v) is 7.23. The van der Waals surface area contributed by atoms with Gasteiger partial charge in [0.05, 0.1) is 0 Å². The molecule has 0 saturated heterocycles. The fraction of sp³-hybridized carbons (Fsp3) is 0.714. The third-order valence-electron chi connectivity index (χ3n) is 3.91. The van der Waals surface area contributed by atoms with Gasteiger partial charge in [0.1, 0.15) is 0 Å². The Morgan fingerprint density at radius 2 is 2.26 bits per heavy atom. The largest absolute Gasteiger partial charge is 0.337 e. The number of hydrogen-bond acceptors (Lipinski definition) is 3. The SMILES string of the molecule is CCC(C)CN(CC)C(=O)c1n[nH]c2c1CNCC2. The Balaban J connectivity index is 2.15. The smallest absolute Gasteiger partial charge is 0.274 e. The van der Waals surface area contributed by atoms with E-state index in [2.05, 4.69) is 29.4 Å². The maximum Gasteiger partial charge on any atom is 0.274 e. The zero-order valence-corrected chi connectivity index (χ0v) is 12.1. The molecule has 5 nitrogen and oxygen atoms in total. The highest BCUT2D eigenvalue weighted by molar-refractivity contribution is 5.94. The van der Waals surface area contributed by atoms with Gasteiger partial charge in [-0.2, -0.15) is 5.10 Å². The summed E-state index contributed by atoms with van der Waals surface area (Å²) in [6.07, 6.45) is 2.01. The van der Waals surface area contributed by atoms with Crippen LogP contribution in [-0.2, 0) is 13.0 Å². The minimum Gasteiger partial charge on any atom is -0.337 e. The zero-order valence-electron chi connectivity index (χ0n) is 12.1. The van der Waals surface area contributed by atoms with Gasteiger partial charge < -0.3 is 10.2 Å². The molecule has 2 rings (SSSR count). The molecule has 5 heteroatoms. The number of nitrogens with zero attached hydrogens (tertiary/aromatic N) is 2. The predicted octanol–water partition coefficient (Wildman–Crippen LogP) is 1.56. The van der Waals surface area contributed by atoms with E-state index in [1.165, 1.54) is 0 Å². The maximum atomic E-state index is 12.6. The van der Waals surface area contributed by atoms with Crippen LogP contribution in [0.1, 0.15) is 48.9 Å². The first-order chi connectivity index (χ1) is 9.17. The standard InChI is InChI=1S/C14H24N4O/c1-4-10(3)9-18(5-2)14(19)13-11-8-15-7-6-12(11)16-17-13/h10,15H,4-9H2,1-3H3,(H,16,17). The van der Waals surface area contributed by atoms with Crippen molar-refractivity contribution in [1.82, 2.24) is 20.4 Å². The van der Waals surface area contributed by atoms with Gasteiger partial charge in [0.25, 0.3) is 5.91 Å². The van der Waals surface area contributed by atoms with E-state index in [1.54, 1.807) is 0 Å². The van der Waals surface area contributed by atoms with Crippen LogP contribution in [0.15, 0.2) is 0 Å². The van der Waals surface area contributed by atoms with Crippen LogP contribution in [0.3, 0.4) is 0 Å². The highest BCUT2D eigenvalue weighted by Crippen LogP contribution is 2.17. The third-order valence-corrected chi connectivity index (χ3v) is 3.91. The van der Waals surface area contributed by atoms with E-state index in [0.29, 0.717) is 11.6 Å². The number of amides is 1. The minimum absolute atomic E-state index is 0.0593. The summed E-state index contributed by atoms with van der Waals surface area (Å²) in [5, 5.41) is 10.6. The second-order valence-electron chi connectivity index (χ2n) is 5.31. The molecule has 0 aromatic carbocycles. The van der Waals surface area contributed by atoms with E-state index < -0.39 is 0 Å². The lowest BCUT2D eigenvalue weighted by Gasteiger charge is -2.24. The third kappa shape index (κ3) is 2.97. The van der Waals surface area contributed by atoms with Gasteiger partial charge in [0.15, 0.2) is 5.69 Å². The van der Waals surface area contributed by atoms with E-state index in [-0.39, 0.29) is 5.91 Å². The number of H-pyrrole nitrogens is 1. The molecule has 106 valence electrons. The molecule has 0 spiro atoms. The molecule has 0 aliphatic carbocycles. The first kappa shape index (κ1) is 14.1. The van der Waals surface area contributed by atoms with Crippen molar-refractivity contribution in [2.75, 3.05) is 19.6 Å². The second-order valence-corrected chi connectivity index (χ2v) is 5.31. The number of carbonyl (C=O) groups is 1. The summed E-state index contributed by atoms with van der Waals surface area (Å²) in [6.45, 7) is 9.60. The molecule has 1 aromatic heterocycles. The number of carbonyl (C=O) groups excluding carboxylic acids is 1. The molecule has 1 aliphatic rings. The lowest BCUT2D eigenvalue weighted by Crippen LogP contribution is -2.36. The van der Waals surface area contributed by atoms with Gasteiger partial charge in [-0.15, -0.1) is 0 Å². The van der Waals surface area contributed by atoms with Crippen molar-refractivity contribution < 1.29 is 4.79 Å². The lowest BCUT2D eigenvalue weighted by atomic mass is 10.1. The van der Waals surface area contributed by atoms with Crippen molar-refractivity contribution in [3.8, 4) is 0 Å². The first-order valence-electron chi connectivity index (χ1n) is 7.23. The van der Waals surface area contributed by atoms with E-state index in [1.807, 2.05) is 11.8 Å². The van der Waals surface area contributed by atoms with E-state index in [9.17, 15) is 4.79 Å². The summed E-state index contributed by atoms with van der Waals surface area (Å²) in [5.74, 6) is 0.584. The Hall–Kier alpha value is -1.36. The quantitative estimate of drug-likeness (QED) is 0.848. The summed E-state index contributed by atoms with van der Waals surface area (Å²) >= 11 is 0. The van der Waals surface area contributed by atoms with Gasteiger partial charge in [-0.1, -0.05) is 20.3 Å².